The van der Waals surface area contributed by atoms with Gasteiger partial charge in [-0.1, -0.05) is 12.1 Å². The van der Waals surface area contributed by atoms with Gasteiger partial charge in [-0.2, -0.15) is 0 Å². The van der Waals surface area contributed by atoms with Crippen molar-refractivity contribution in [3.05, 3.63) is 39.9 Å². The van der Waals surface area contributed by atoms with Crippen molar-refractivity contribution in [1.82, 2.24) is 0 Å². The molecule has 0 aliphatic heterocycles. The van der Waals surface area contributed by atoms with Crippen LogP contribution in [0, 0.1) is 27.4 Å². The van der Waals surface area contributed by atoms with Gasteiger partial charge in [-0.05, 0) is 56.4 Å². The molecule has 4 atom stereocenters. The summed E-state index contributed by atoms with van der Waals surface area (Å²) in [4.78, 5) is 23.4. The van der Waals surface area contributed by atoms with E-state index in [1.54, 1.807) is 18.2 Å². The van der Waals surface area contributed by atoms with Crippen LogP contribution in [0.1, 0.15) is 44.1 Å². The third-order valence-corrected chi connectivity index (χ3v) is 6.01. The molecular formula is C18H21NO5. The number of nitro groups is 1. The molecule has 0 spiro atoms. The lowest BCUT2D eigenvalue weighted by atomic mass is 9.48. The van der Waals surface area contributed by atoms with Gasteiger partial charge in [0.05, 0.1) is 21.5 Å². The van der Waals surface area contributed by atoms with Crippen LogP contribution in [0.3, 0.4) is 0 Å². The number of nitrogens with zero attached hydrogens (tertiary/aromatic N) is 1. The predicted molar refractivity (Wildman–Crippen MR) is 85.0 cm³/mol. The van der Waals surface area contributed by atoms with E-state index in [1.165, 1.54) is 6.07 Å². The number of para-hydroxylation sites is 1. The first-order chi connectivity index (χ1) is 11.4. The van der Waals surface area contributed by atoms with E-state index in [0.717, 1.165) is 32.1 Å². The predicted octanol–water partition coefficient (Wildman–Crippen LogP) is 2.97. The van der Waals surface area contributed by atoms with Gasteiger partial charge in [-0.25, -0.2) is 0 Å². The molecule has 128 valence electrons. The lowest BCUT2D eigenvalue weighted by Gasteiger charge is -2.58. The highest BCUT2D eigenvalue weighted by atomic mass is 16.6. The van der Waals surface area contributed by atoms with E-state index in [1.807, 2.05) is 0 Å². The first-order valence-corrected chi connectivity index (χ1v) is 8.51. The monoisotopic (exact) mass is 331 g/mol. The third kappa shape index (κ3) is 2.49. The molecule has 4 aliphatic rings. The van der Waals surface area contributed by atoms with Gasteiger partial charge in [0.2, 0.25) is 0 Å². The maximum absolute atomic E-state index is 12.8. The minimum atomic E-state index is -0.720. The summed E-state index contributed by atoms with van der Waals surface area (Å²) in [6.07, 6.45) is 4.72. The standard InChI is InChI=1S/C18H21NO5/c20-16(24-10-14-3-1-2-4-15(14)19(22)23)17-6-12-5-13(7-17)9-18(21,8-12)11-17/h1-4,12-13,21H,5-11H2/t12-,13+,17?,18?. The fourth-order valence-electron chi connectivity index (χ4n) is 5.56. The van der Waals surface area contributed by atoms with Gasteiger partial charge in [-0.3, -0.25) is 14.9 Å². The number of benzene rings is 1. The molecule has 6 nitrogen and oxygen atoms in total. The van der Waals surface area contributed by atoms with Crippen LogP contribution < -0.4 is 0 Å². The molecule has 4 aliphatic carbocycles. The van der Waals surface area contributed by atoms with Gasteiger partial charge >= 0.3 is 5.97 Å². The molecule has 0 radical (unpaired) electrons. The number of aliphatic hydroxyl groups is 1. The largest absolute Gasteiger partial charge is 0.460 e. The maximum atomic E-state index is 12.8. The topological polar surface area (TPSA) is 89.7 Å². The Morgan fingerprint density at radius 3 is 2.54 bits per heavy atom. The molecule has 4 bridgehead atoms. The third-order valence-electron chi connectivity index (χ3n) is 6.01. The number of hydrogen-bond acceptors (Lipinski definition) is 5. The molecule has 4 fully saturated rings. The summed E-state index contributed by atoms with van der Waals surface area (Å²) < 4.78 is 5.49. The van der Waals surface area contributed by atoms with Gasteiger partial charge in [-0.15, -0.1) is 0 Å². The number of esters is 1. The van der Waals surface area contributed by atoms with Crippen molar-refractivity contribution in [1.29, 1.82) is 0 Å². The van der Waals surface area contributed by atoms with Crippen molar-refractivity contribution >= 4 is 11.7 Å². The van der Waals surface area contributed by atoms with Crippen molar-refractivity contribution in [3.8, 4) is 0 Å². The highest BCUT2D eigenvalue weighted by Crippen LogP contribution is 2.62. The van der Waals surface area contributed by atoms with Gasteiger partial charge in [0.1, 0.15) is 6.61 Å². The molecular weight excluding hydrogens is 310 g/mol. The second-order valence-electron chi connectivity index (χ2n) is 7.93. The average molecular weight is 331 g/mol. The highest BCUT2D eigenvalue weighted by Gasteiger charge is 2.60. The summed E-state index contributed by atoms with van der Waals surface area (Å²) in [5.74, 6) is 0.498. The number of rotatable bonds is 4. The van der Waals surface area contributed by atoms with Crippen LogP contribution in [0.15, 0.2) is 24.3 Å². The molecule has 6 heteroatoms. The SMILES string of the molecule is O=C(OCc1ccccc1[N+](=O)[O-])C12C[C@@H]3C[C@@H](CC(O)(C3)C1)C2. The van der Waals surface area contributed by atoms with Crippen LogP contribution in [0.25, 0.3) is 0 Å². The summed E-state index contributed by atoms with van der Waals surface area (Å²) in [6.45, 7) is -0.0918. The number of carbonyl (C=O) groups excluding carboxylic acids is 1. The van der Waals surface area contributed by atoms with E-state index < -0.39 is 15.9 Å². The second-order valence-corrected chi connectivity index (χ2v) is 7.93. The molecule has 1 aromatic rings. The summed E-state index contributed by atoms with van der Waals surface area (Å²) in [5.41, 5.74) is -0.946. The van der Waals surface area contributed by atoms with Crippen LogP contribution in [0.4, 0.5) is 5.69 Å². The number of ether oxygens (including phenoxy) is 1. The molecule has 0 saturated heterocycles. The van der Waals surface area contributed by atoms with Crippen molar-refractivity contribution in [2.24, 2.45) is 17.3 Å². The van der Waals surface area contributed by atoms with Gasteiger partial charge in [0, 0.05) is 6.07 Å². The van der Waals surface area contributed by atoms with Crippen LogP contribution in [0.2, 0.25) is 0 Å². The fourth-order valence-corrected chi connectivity index (χ4v) is 5.56. The van der Waals surface area contributed by atoms with Crippen LogP contribution in [0.5, 0.6) is 0 Å². The Morgan fingerprint density at radius 2 is 1.92 bits per heavy atom. The zero-order valence-corrected chi connectivity index (χ0v) is 13.4. The van der Waals surface area contributed by atoms with Gasteiger partial charge in [0.25, 0.3) is 5.69 Å². The molecule has 0 aromatic heterocycles. The minimum Gasteiger partial charge on any atom is -0.460 e. The van der Waals surface area contributed by atoms with Crippen molar-refractivity contribution in [2.45, 2.75) is 50.7 Å². The normalized spacial score (nSPS) is 36.5. The van der Waals surface area contributed by atoms with Crippen LogP contribution in [-0.2, 0) is 16.1 Å². The molecule has 2 unspecified atom stereocenters. The summed E-state index contributed by atoms with van der Waals surface area (Å²) >= 11 is 0. The van der Waals surface area contributed by atoms with E-state index >= 15 is 0 Å². The highest BCUT2D eigenvalue weighted by molar-refractivity contribution is 5.78. The molecule has 24 heavy (non-hydrogen) atoms. The number of carbonyl (C=O) groups is 1. The smallest absolute Gasteiger partial charge is 0.312 e. The lowest BCUT2D eigenvalue weighted by molar-refractivity contribution is -0.385. The summed E-state index contributed by atoms with van der Waals surface area (Å²) in [6, 6.07) is 6.32. The lowest BCUT2D eigenvalue weighted by Crippen LogP contribution is -2.58. The Balaban J connectivity index is 1.50. The van der Waals surface area contributed by atoms with Crippen molar-refractivity contribution < 1.29 is 19.6 Å². The fraction of sp³-hybridized carbons (Fsp3) is 0.611. The first kappa shape index (κ1) is 15.6. The van der Waals surface area contributed by atoms with E-state index in [9.17, 15) is 20.0 Å². The molecule has 4 saturated carbocycles. The molecule has 0 heterocycles. The summed E-state index contributed by atoms with van der Waals surface area (Å²) in [5, 5.41) is 21.8. The molecule has 1 N–H and O–H groups in total. The Morgan fingerprint density at radius 1 is 1.25 bits per heavy atom. The second kappa shape index (κ2) is 5.28. The van der Waals surface area contributed by atoms with E-state index in [2.05, 4.69) is 0 Å². The van der Waals surface area contributed by atoms with Crippen molar-refractivity contribution in [2.75, 3.05) is 0 Å². The molecule has 0 amide bonds. The first-order valence-electron chi connectivity index (χ1n) is 8.51. The number of hydrogen-bond donors (Lipinski definition) is 1. The Bertz CT molecular complexity index is 686. The minimum absolute atomic E-state index is 0.0329. The van der Waals surface area contributed by atoms with Crippen LogP contribution in [-0.4, -0.2) is 21.6 Å². The van der Waals surface area contributed by atoms with E-state index in [4.69, 9.17) is 4.74 Å². The van der Waals surface area contributed by atoms with Gasteiger partial charge < -0.3 is 9.84 Å². The Kier molecular flexibility index (Phi) is 3.42. The molecule has 1 aromatic carbocycles. The zero-order chi connectivity index (χ0) is 16.9. The maximum Gasteiger partial charge on any atom is 0.312 e. The van der Waals surface area contributed by atoms with E-state index in [0.29, 0.717) is 23.8 Å². The Labute approximate surface area is 140 Å². The van der Waals surface area contributed by atoms with Crippen molar-refractivity contribution in [3.63, 3.8) is 0 Å². The molecule has 5 rings (SSSR count). The van der Waals surface area contributed by atoms with Crippen LogP contribution >= 0.6 is 0 Å². The van der Waals surface area contributed by atoms with E-state index in [-0.39, 0.29) is 18.3 Å². The Hall–Kier alpha value is -1.95. The van der Waals surface area contributed by atoms with Gasteiger partial charge in [0.15, 0.2) is 0 Å². The average Bonchev–Trinajstić information content (AvgIpc) is 2.50. The zero-order valence-electron chi connectivity index (χ0n) is 13.4. The quantitative estimate of drug-likeness (QED) is 0.520. The number of nitro benzene ring substituents is 1. The summed E-state index contributed by atoms with van der Waals surface area (Å²) in [7, 11) is 0.